The molecule has 0 radical (unpaired) electrons. The van der Waals surface area contributed by atoms with Gasteiger partial charge in [0.1, 0.15) is 11.9 Å². The zero-order valence-corrected chi connectivity index (χ0v) is 17.1. The largest absolute Gasteiger partial charge is 0.308 e. The molecule has 0 amide bonds. The summed E-state index contributed by atoms with van der Waals surface area (Å²) in [5, 5.41) is 18.7. The van der Waals surface area contributed by atoms with Crippen molar-refractivity contribution in [2.75, 3.05) is 19.6 Å². The van der Waals surface area contributed by atoms with Gasteiger partial charge >= 0.3 is 0 Å². The molecule has 1 saturated heterocycles. The third-order valence-corrected chi connectivity index (χ3v) is 5.75. The molecule has 2 aromatic rings. The summed E-state index contributed by atoms with van der Waals surface area (Å²) in [5.41, 5.74) is 5.74. The van der Waals surface area contributed by atoms with Gasteiger partial charge in [0.15, 0.2) is 0 Å². The summed E-state index contributed by atoms with van der Waals surface area (Å²) in [6.45, 7) is 4.12. The Morgan fingerprint density at radius 2 is 1.66 bits per heavy atom. The monoisotopic (exact) mass is 392 g/mol. The van der Waals surface area contributed by atoms with Crippen LogP contribution in [0.15, 0.2) is 60.7 Å². The maximum Gasteiger partial charge on any atom is 0.135 e. The standard InChI is InChI=1S/C23H32N6/c1-18(24)22(23(25)29(27-26)17-12-19-8-4-2-5-9-19)28-15-13-21(14-16-28)20-10-6-3-7-11-20/h2-11,21-22,24-25,27H,12-17,26H2,1H3. The molecule has 1 aliphatic rings. The van der Waals surface area contributed by atoms with E-state index in [1.54, 1.807) is 11.9 Å². The fraction of sp³-hybridized carbons (Fsp3) is 0.391. The number of nitrogens with one attached hydrogen (secondary N) is 3. The van der Waals surface area contributed by atoms with E-state index in [2.05, 4.69) is 52.9 Å². The highest BCUT2D eigenvalue weighted by Gasteiger charge is 2.32. The first-order valence-electron chi connectivity index (χ1n) is 10.3. The van der Waals surface area contributed by atoms with E-state index in [9.17, 15) is 0 Å². The number of hydrogen-bond donors (Lipinski definition) is 4. The fourth-order valence-electron chi connectivity index (χ4n) is 4.16. The molecule has 1 fully saturated rings. The first-order valence-corrected chi connectivity index (χ1v) is 10.3. The third kappa shape index (κ3) is 5.50. The number of hydrogen-bond acceptors (Lipinski definition) is 5. The van der Waals surface area contributed by atoms with E-state index < -0.39 is 0 Å². The van der Waals surface area contributed by atoms with E-state index in [0.29, 0.717) is 24.0 Å². The molecule has 0 spiro atoms. The summed E-state index contributed by atoms with van der Waals surface area (Å²) >= 11 is 0. The predicted octanol–water partition coefficient (Wildman–Crippen LogP) is 3.17. The number of piperidine rings is 1. The van der Waals surface area contributed by atoms with Gasteiger partial charge in [0, 0.05) is 12.3 Å². The molecule has 6 heteroatoms. The molecule has 1 atom stereocenters. The Kier molecular flexibility index (Phi) is 7.52. The highest BCUT2D eigenvalue weighted by Crippen LogP contribution is 2.29. The molecule has 2 aromatic carbocycles. The third-order valence-electron chi connectivity index (χ3n) is 5.75. The zero-order chi connectivity index (χ0) is 20.6. The van der Waals surface area contributed by atoms with Crippen molar-refractivity contribution >= 4 is 11.5 Å². The van der Waals surface area contributed by atoms with Crippen LogP contribution in [0.2, 0.25) is 0 Å². The molecule has 0 aliphatic carbocycles. The first-order chi connectivity index (χ1) is 14.1. The molecule has 1 unspecified atom stereocenters. The number of amidine groups is 1. The van der Waals surface area contributed by atoms with Crippen molar-refractivity contribution in [3.8, 4) is 0 Å². The smallest absolute Gasteiger partial charge is 0.135 e. The van der Waals surface area contributed by atoms with Crippen LogP contribution in [0.3, 0.4) is 0 Å². The van der Waals surface area contributed by atoms with E-state index >= 15 is 0 Å². The minimum atomic E-state index is -0.349. The molecule has 29 heavy (non-hydrogen) atoms. The van der Waals surface area contributed by atoms with E-state index in [-0.39, 0.29) is 6.04 Å². The average Bonchev–Trinajstić information content (AvgIpc) is 2.76. The lowest BCUT2D eigenvalue weighted by Gasteiger charge is -2.40. The molecule has 0 aromatic heterocycles. The number of nitrogens with zero attached hydrogens (tertiary/aromatic N) is 2. The van der Waals surface area contributed by atoms with E-state index in [1.807, 2.05) is 18.2 Å². The van der Waals surface area contributed by atoms with Gasteiger partial charge in [0.2, 0.25) is 0 Å². The summed E-state index contributed by atoms with van der Waals surface area (Å²) in [5.74, 6) is 6.64. The van der Waals surface area contributed by atoms with E-state index in [4.69, 9.17) is 16.7 Å². The maximum absolute atomic E-state index is 8.75. The quantitative estimate of drug-likeness (QED) is 0.240. The van der Waals surface area contributed by atoms with Gasteiger partial charge in [0.25, 0.3) is 0 Å². The van der Waals surface area contributed by atoms with Gasteiger partial charge in [-0.25, -0.2) is 0 Å². The van der Waals surface area contributed by atoms with Crippen LogP contribution >= 0.6 is 0 Å². The fourth-order valence-corrected chi connectivity index (χ4v) is 4.16. The lowest BCUT2D eigenvalue weighted by Crippen LogP contribution is -2.58. The van der Waals surface area contributed by atoms with Gasteiger partial charge in [0.05, 0.1) is 0 Å². The van der Waals surface area contributed by atoms with Gasteiger partial charge in [-0.3, -0.25) is 21.2 Å². The molecule has 0 saturated carbocycles. The van der Waals surface area contributed by atoms with Gasteiger partial charge in [-0.15, -0.1) is 0 Å². The Morgan fingerprint density at radius 3 is 2.21 bits per heavy atom. The number of hydrazine groups is 2. The lowest BCUT2D eigenvalue weighted by atomic mass is 9.88. The van der Waals surface area contributed by atoms with E-state index in [0.717, 1.165) is 32.4 Å². The van der Waals surface area contributed by atoms with Crippen LogP contribution in [0, 0.1) is 10.8 Å². The zero-order valence-electron chi connectivity index (χ0n) is 17.1. The molecule has 1 aliphatic heterocycles. The SMILES string of the molecule is CC(=N)C(C(=N)N(CCc1ccccc1)NN)N1CCC(c2ccccc2)CC1. The Morgan fingerprint density at radius 1 is 1.07 bits per heavy atom. The van der Waals surface area contributed by atoms with Crippen molar-refractivity contribution in [1.82, 2.24) is 15.4 Å². The molecule has 5 N–H and O–H groups in total. The Labute approximate surface area is 173 Å². The van der Waals surface area contributed by atoms with E-state index in [1.165, 1.54) is 11.1 Å². The molecule has 6 nitrogen and oxygen atoms in total. The average molecular weight is 393 g/mol. The van der Waals surface area contributed by atoms with Crippen LogP contribution in [0.25, 0.3) is 0 Å². The predicted molar refractivity (Wildman–Crippen MR) is 119 cm³/mol. The van der Waals surface area contributed by atoms with Crippen molar-refractivity contribution in [3.05, 3.63) is 71.8 Å². The Hall–Kier alpha value is -2.54. The van der Waals surface area contributed by atoms with Crippen LogP contribution in [-0.2, 0) is 6.42 Å². The highest BCUT2D eigenvalue weighted by atomic mass is 15.6. The molecule has 1 heterocycles. The minimum absolute atomic E-state index is 0.342. The van der Waals surface area contributed by atoms with Gasteiger partial charge in [-0.05, 0) is 56.3 Å². The summed E-state index contributed by atoms with van der Waals surface area (Å²) < 4.78 is 0. The number of likely N-dealkylation sites (tertiary alicyclic amines) is 1. The Bertz CT molecular complexity index is 784. The maximum atomic E-state index is 8.75. The molecule has 0 bridgehead atoms. The highest BCUT2D eigenvalue weighted by molar-refractivity contribution is 6.06. The van der Waals surface area contributed by atoms with Gasteiger partial charge in [-0.1, -0.05) is 60.7 Å². The summed E-state index contributed by atoms with van der Waals surface area (Å²) in [6, 6.07) is 20.5. The van der Waals surface area contributed by atoms with Crippen molar-refractivity contribution in [1.29, 1.82) is 10.8 Å². The van der Waals surface area contributed by atoms with Crippen molar-refractivity contribution in [2.24, 2.45) is 5.84 Å². The second-order valence-corrected chi connectivity index (χ2v) is 7.71. The summed E-state index contributed by atoms with van der Waals surface area (Å²) in [4.78, 5) is 2.25. The summed E-state index contributed by atoms with van der Waals surface area (Å²) in [6.07, 6.45) is 2.87. The van der Waals surface area contributed by atoms with Gasteiger partial charge in [-0.2, -0.15) is 5.53 Å². The summed E-state index contributed by atoms with van der Waals surface area (Å²) in [7, 11) is 0. The van der Waals surface area contributed by atoms with Crippen molar-refractivity contribution < 1.29 is 0 Å². The number of nitrogens with two attached hydrogens (primary N) is 1. The molecule has 154 valence electrons. The lowest BCUT2D eigenvalue weighted by molar-refractivity contribution is 0.197. The minimum Gasteiger partial charge on any atom is -0.308 e. The van der Waals surface area contributed by atoms with Crippen LogP contribution < -0.4 is 11.4 Å². The van der Waals surface area contributed by atoms with Crippen molar-refractivity contribution in [2.45, 2.75) is 38.1 Å². The molecule has 3 rings (SSSR count). The van der Waals surface area contributed by atoms with Crippen molar-refractivity contribution in [3.63, 3.8) is 0 Å². The second kappa shape index (κ2) is 10.3. The first kappa shape index (κ1) is 21.2. The van der Waals surface area contributed by atoms with Crippen LogP contribution in [-0.4, -0.2) is 47.1 Å². The number of rotatable bonds is 8. The normalized spacial score (nSPS) is 16.3. The molecular formula is C23H32N6. The topological polar surface area (TPSA) is 92.2 Å². The number of benzene rings is 2. The Balaban J connectivity index is 1.62. The van der Waals surface area contributed by atoms with Crippen LogP contribution in [0.1, 0.15) is 36.8 Å². The van der Waals surface area contributed by atoms with Crippen LogP contribution in [0.5, 0.6) is 0 Å². The van der Waals surface area contributed by atoms with Gasteiger partial charge < -0.3 is 5.41 Å². The van der Waals surface area contributed by atoms with Crippen LogP contribution in [0.4, 0.5) is 0 Å². The molecular weight excluding hydrogens is 360 g/mol. The second-order valence-electron chi connectivity index (χ2n) is 7.71.